The van der Waals surface area contributed by atoms with Crippen molar-refractivity contribution < 1.29 is 14.3 Å². The Hall–Kier alpha value is -2.70. The van der Waals surface area contributed by atoms with Crippen LogP contribution in [0.2, 0.25) is 0 Å². The number of amides is 1. The van der Waals surface area contributed by atoms with Gasteiger partial charge in [0.15, 0.2) is 6.10 Å². The Morgan fingerprint density at radius 1 is 1.11 bits per heavy atom. The Morgan fingerprint density at radius 3 is 2.67 bits per heavy atom. The minimum Gasteiger partial charge on any atom is -0.449 e. The first-order valence-electron chi connectivity index (χ1n) is 8.46. The van der Waals surface area contributed by atoms with Crippen LogP contribution in [0.15, 0.2) is 66.1 Å². The van der Waals surface area contributed by atoms with Crippen molar-refractivity contribution in [1.82, 2.24) is 5.32 Å². The minimum atomic E-state index is -0.842. The topological polar surface area (TPSA) is 55.4 Å². The van der Waals surface area contributed by atoms with Crippen molar-refractivity contribution in [1.29, 1.82) is 0 Å². The summed E-state index contributed by atoms with van der Waals surface area (Å²) in [6.45, 7) is 2.00. The van der Waals surface area contributed by atoms with E-state index >= 15 is 0 Å². The zero-order chi connectivity index (χ0) is 19.1. The lowest BCUT2D eigenvalue weighted by Crippen LogP contribution is -2.34. The van der Waals surface area contributed by atoms with Crippen molar-refractivity contribution in [3.05, 3.63) is 75.8 Å². The van der Waals surface area contributed by atoms with Gasteiger partial charge in [0.05, 0.1) is 6.54 Å². The molecule has 3 aromatic rings. The van der Waals surface area contributed by atoms with Gasteiger partial charge in [0, 0.05) is 20.7 Å². The summed E-state index contributed by atoms with van der Waals surface area (Å²) in [4.78, 5) is 27.1. The maximum absolute atomic E-state index is 12.0. The van der Waals surface area contributed by atoms with Crippen molar-refractivity contribution in [2.75, 3.05) is 0 Å². The second-order valence-corrected chi connectivity index (χ2v) is 7.93. The normalized spacial score (nSPS) is 12.0. The van der Waals surface area contributed by atoms with Crippen LogP contribution in [0.25, 0.3) is 16.5 Å². The fourth-order valence-electron chi connectivity index (χ4n) is 2.35. The SMILES string of the molecule is C[C@H](OC(=O)/C=C/c1ccc(-c2ccccc2)s1)C(=O)NCc1cccs1. The number of carbonyl (C=O) groups is 2. The van der Waals surface area contributed by atoms with Crippen molar-refractivity contribution in [2.45, 2.75) is 19.6 Å². The highest BCUT2D eigenvalue weighted by Crippen LogP contribution is 2.28. The van der Waals surface area contributed by atoms with Crippen LogP contribution in [0.4, 0.5) is 0 Å². The van der Waals surface area contributed by atoms with Crippen LogP contribution in [-0.2, 0) is 20.9 Å². The van der Waals surface area contributed by atoms with E-state index in [0.717, 1.165) is 20.2 Å². The molecule has 0 radical (unpaired) electrons. The Bertz CT molecular complexity index is 914. The molecule has 0 unspecified atom stereocenters. The van der Waals surface area contributed by atoms with Crippen LogP contribution in [0, 0.1) is 0 Å². The summed E-state index contributed by atoms with van der Waals surface area (Å²) in [6, 6.07) is 17.9. The number of benzene rings is 1. The lowest BCUT2D eigenvalue weighted by Gasteiger charge is -2.11. The predicted octanol–water partition coefficient (Wildman–Crippen LogP) is 4.74. The molecule has 0 fully saturated rings. The Balaban J connectivity index is 1.49. The molecule has 0 spiro atoms. The third-order valence-corrected chi connectivity index (χ3v) is 5.72. The molecule has 2 aromatic heterocycles. The number of hydrogen-bond acceptors (Lipinski definition) is 5. The molecule has 6 heteroatoms. The monoisotopic (exact) mass is 397 g/mol. The summed E-state index contributed by atoms with van der Waals surface area (Å²) in [7, 11) is 0. The molecular weight excluding hydrogens is 378 g/mol. The zero-order valence-corrected chi connectivity index (χ0v) is 16.4. The molecule has 1 aromatic carbocycles. The molecule has 138 valence electrons. The zero-order valence-electron chi connectivity index (χ0n) is 14.8. The number of esters is 1. The number of ether oxygens (including phenoxy) is 1. The minimum absolute atomic E-state index is 0.312. The van der Waals surface area contributed by atoms with Crippen molar-refractivity contribution in [2.24, 2.45) is 0 Å². The number of rotatable bonds is 7. The number of hydrogen-bond donors (Lipinski definition) is 1. The maximum Gasteiger partial charge on any atom is 0.331 e. The van der Waals surface area contributed by atoms with E-state index in [1.54, 1.807) is 35.7 Å². The fourth-order valence-corrected chi connectivity index (χ4v) is 3.91. The standard InChI is InChI=1S/C21H19NO3S2/c1-15(21(24)22-14-18-8-5-13-26-18)25-20(23)12-10-17-9-11-19(27-17)16-6-3-2-4-7-16/h2-13,15H,14H2,1H3,(H,22,24)/b12-10+/t15-/m0/s1. The van der Waals surface area contributed by atoms with E-state index in [4.69, 9.17) is 4.74 Å². The molecule has 1 atom stereocenters. The average Bonchev–Trinajstić information content (AvgIpc) is 3.37. The highest BCUT2D eigenvalue weighted by molar-refractivity contribution is 7.16. The quantitative estimate of drug-likeness (QED) is 0.463. The highest BCUT2D eigenvalue weighted by Gasteiger charge is 2.16. The first kappa shape index (κ1) is 19.1. The Kier molecular flexibility index (Phi) is 6.57. The van der Waals surface area contributed by atoms with Gasteiger partial charge in [0.1, 0.15) is 0 Å². The summed E-state index contributed by atoms with van der Waals surface area (Å²) < 4.78 is 5.17. The third-order valence-electron chi connectivity index (χ3n) is 3.75. The van der Waals surface area contributed by atoms with E-state index < -0.39 is 12.1 Å². The molecule has 4 nitrogen and oxygen atoms in total. The molecule has 0 bridgehead atoms. The summed E-state index contributed by atoms with van der Waals surface area (Å²) in [5.41, 5.74) is 1.14. The average molecular weight is 398 g/mol. The van der Waals surface area contributed by atoms with Gasteiger partial charge in [-0.2, -0.15) is 0 Å². The molecule has 1 N–H and O–H groups in total. The maximum atomic E-state index is 12.0. The molecule has 0 saturated heterocycles. The second-order valence-electron chi connectivity index (χ2n) is 5.78. The van der Waals surface area contributed by atoms with E-state index in [9.17, 15) is 9.59 Å². The highest BCUT2D eigenvalue weighted by atomic mass is 32.1. The van der Waals surface area contributed by atoms with Crippen molar-refractivity contribution in [3.63, 3.8) is 0 Å². The smallest absolute Gasteiger partial charge is 0.331 e. The van der Waals surface area contributed by atoms with Gasteiger partial charge in [-0.1, -0.05) is 36.4 Å². The first-order chi connectivity index (χ1) is 13.1. The van der Waals surface area contributed by atoms with E-state index in [0.29, 0.717) is 6.54 Å². The van der Waals surface area contributed by atoms with Gasteiger partial charge in [0.25, 0.3) is 5.91 Å². The first-order valence-corrected chi connectivity index (χ1v) is 10.2. The van der Waals surface area contributed by atoms with E-state index in [2.05, 4.69) is 5.32 Å². The fraction of sp³-hybridized carbons (Fsp3) is 0.143. The second kappa shape index (κ2) is 9.30. The predicted molar refractivity (Wildman–Crippen MR) is 111 cm³/mol. The molecule has 0 saturated carbocycles. The Morgan fingerprint density at radius 2 is 1.93 bits per heavy atom. The van der Waals surface area contributed by atoms with Gasteiger partial charge in [-0.3, -0.25) is 4.79 Å². The van der Waals surface area contributed by atoms with Gasteiger partial charge in [0.2, 0.25) is 0 Å². The van der Waals surface area contributed by atoms with Crippen LogP contribution >= 0.6 is 22.7 Å². The number of carbonyl (C=O) groups excluding carboxylic acids is 2. The number of nitrogens with one attached hydrogen (secondary N) is 1. The van der Waals surface area contributed by atoms with Crippen LogP contribution in [-0.4, -0.2) is 18.0 Å². The van der Waals surface area contributed by atoms with Crippen LogP contribution in [0.1, 0.15) is 16.7 Å². The summed E-state index contributed by atoms with van der Waals surface area (Å²) in [6.07, 6.45) is 2.21. The molecule has 1 amide bonds. The molecule has 2 heterocycles. The largest absolute Gasteiger partial charge is 0.449 e. The van der Waals surface area contributed by atoms with Crippen LogP contribution < -0.4 is 5.32 Å². The van der Waals surface area contributed by atoms with Gasteiger partial charge >= 0.3 is 5.97 Å². The van der Waals surface area contributed by atoms with E-state index in [1.165, 1.54) is 6.08 Å². The van der Waals surface area contributed by atoms with E-state index in [1.807, 2.05) is 60.0 Å². The molecular formula is C21H19NO3S2. The summed E-state index contributed by atoms with van der Waals surface area (Å²) >= 11 is 3.15. The summed E-state index contributed by atoms with van der Waals surface area (Å²) in [5, 5.41) is 4.71. The molecule has 3 rings (SSSR count). The molecule has 27 heavy (non-hydrogen) atoms. The van der Waals surface area contributed by atoms with Crippen molar-refractivity contribution in [3.8, 4) is 10.4 Å². The lowest BCUT2D eigenvalue weighted by atomic mass is 10.2. The van der Waals surface area contributed by atoms with Gasteiger partial charge in [-0.05, 0) is 42.1 Å². The third kappa shape index (κ3) is 5.64. The van der Waals surface area contributed by atoms with E-state index in [-0.39, 0.29) is 5.91 Å². The Labute approximate surface area is 166 Å². The molecule has 0 aliphatic rings. The van der Waals surface area contributed by atoms with Crippen molar-refractivity contribution >= 4 is 40.6 Å². The van der Waals surface area contributed by atoms with Crippen LogP contribution in [0.3, 0.4) is 0 Å². The summed E-state index contributed by atoms with van der Waals surface area (Å²) in [5.74, 6) is -0.851. The lowest BCUT2D eigenvalue weighted by molar-refractivity contribution is -0.150. The molecule has 0 aliphatic heterocycles. The van der Waals surface area contributed by atoms with Crippen LogP contribution in [0.5, 0.6) is 0 Å². The van der Waals surface area contributed by atoms with Gasteiger partial charge < -0.3 is 10.1 Å². The molecule has 0 aliphatic carbocycles. The van der Waals surface area contributed by atoms with Gasteiger partial charge in [-0.25, -0.2) is 4.79 Å². The number of thiophene rings is 2. The van der Waals surface area contributed by atoms with Gasteiger partial charge in [-0.15, -0.1) is 22.7 Å².